The third-order valence-corrected chi connectivity index (χ3v) is 6.18. The maximum atomic E-state index is 11.7. The first-order chi connectivity index (χ1) is 10.4. The van der Waals surface area contributed by atoms with Crippen LogP contribution in [0.1, 0.15) is 51.2 Å². The van der Waals surface area contributed by atoms with Gasteiger partial charge in [0.2, 0.25) is 10.0 Å². The number of allylic oxidation sites excluding steroid dienone is 2. The van der Waals surface area contributed by atoms with Crippen LogP contribution in [0, 0.1) is 5.92 Å². The molecule has 22 heavy (non-hydrogen) atoms. The summed E-state index contributed by atoms with van der Waals surface area (Å²) in [7, 11) is -3.16. The summed E-state index contributed by atoms with van der Waals surface area (Å²) in [5, 5.41) is -0.379. The van der Waals surface area contributed by atoms with Crippen molar-refractivity contribution in [2.45, 2.75) is 51.7 Å². The lowest BCUT2D eigenvalue weighted by molar-refractivity contribution is 0.534. The van der Waals surface area contributed by atoms with Crippen molar-refractivity contribution in [3.05, 3.63) is 41.5 Å². The summed E-state index contributed by atoms with van der Waals surface area (Å²) >= 11 is 0. The molecule has 3 nitrogen and oxygen atoms in total. The fourth-order valence-electron chi connectivity index (χ4n) is 2.62. The standard InChI is InChI=1S/C18H27NO2S/c1-14(2)22(20,21)19-13-12-16-6-10-18(11-7-16)17-8-4-15(3)5-9-17/h6-8,10-11,14-15,19H,4-5,9,12-13H2,1-3H3. The highest BCUT2D eigenvalue weighted by molar-refractivity contribution is 7.90. The number of hydrogen-bond acceptors (Lipinski definition) is 2. The summed E-state index contributed by atoms with van der Waals surface area (Å²) < 4.78 is 26.0. The van der Waals surface area contributed by atoms with Gasteiger partial charge in [-0.3, -0.25) is 0 Å². The number of benzene rings is 1. The molecule has 4 heteroatoms. The smallest absolute Gasteiger partial charge is 0.213 e. The monoisotopic (exact) mass is 321 g/mol. The van der Waals surface area contributed by atoms with Crippen LogP contribution in [0.2, 0.25) is 0 Å². The van der Waals surface area contributed by atoms with E-state index < -0.39 is 10.0 Å². The third-order valence-electron chi connectivity index (χ3n) is 4.34. The topological polar surface area (TPSA) is 46.2 Å². The van der Waals surface area contributed by atoms with Gasteiger partial charge in [-0.05, 0) is 62.1 Å². The molecule has 0 bridgehead atoms. The highest BCUT2D eigenvalue weighted by atomic mass is 32.2. The van der Waals surface area contributed by atoms with Gasteiger partial charge in [0.05, 0.1) is 5.25 Å². The van der Waals surface area contributed by atoms with Crippen LogP contribution in [0.4, 0.5) is 0 Å². The molecule has 0 aliphatic heterocycles. The van der Waals surface area contributed by atoms with E-state index in [1.807, 2.05) is 0 Å². The lowest BCUT2D eigenvalue weighted by atomic mass is 9.87. The van der Waals surface area contributed by atoms with Crippen molar-refractivity contribution >= 4 is 15.6 Å². The van der Waals surface area contributed by atoms with Crippen molar-refractivity contribution in [2.75, 3.05) is 6.54 Å². The molecule has 1 unspecified atom stereocenters. The van der Waals surface area contributed by atoms with Gasteiger partial charge in [-0.2, -0.15) is 0 Å². The Balaban J connectivity index is 1.90. The molecule has 1 N–H and O–H groups in total. The van der Waals surface area contributed by atoms with Gasteiger partial charge in [0.25, 0.3) is 0 Å². The first-order valence-electron chi connectivity index (χ1n) is 8.15. The maximum absolute atomic E-state index is 11.7. The van der Waals surface area contributed by atoms with Gasteiger partial charge >= 0.3 is 0 Å². The van der Waals surface area contributed by atoms with Gasteiger partial charge in [-0.1, -0.05) is 37.3 Å². The molecule has 2 rings (SSSR count). The van der Waals surface area contributed by atoms with Crippen LogP contribution in [-0.4, -0.2) is 20.2 Å². The molecule has 1 aromatic rings. The van der Waals surface area contributed by atoms with Crippen molar-refractivity contribution < 1.29 is 8.42 Å². The van der Waals surface area contributed by atoms with E-state index in [2.05, 4.69) is 42.0 Å². The fraction of sp³-hybridized carbons (Fsp3) is 0.556. The lowest BCUT2D eigenvalue weighted by Crippen LogP contribution is -2.32. The Morgan fingerprint density at radius 2 is 1.91 bits per heavy atom. The van der Waals surface area contributed by atoms with E-state index in [0.717, 1.165) is 18.8 Å². The fourth-order valence-corrected chi connectivity index (χ4v) is 3.34. The average molecular weight is 321 g/mol. The Morgan fingerprint density at radius 3 is 2.45 bits per heavy atom. The third kappa shape index (κ3) is 4.68. The summed E-state index contributed by atoms with van der Waals surface area (Å²) in [6.45, 7) is 6.14. The van der Waals surface area contributed by atoms with Crippen LogP contribution >= 0.6 is 0 Å². The van der Waals surface area contributed by atoms with Crippen LogP contribution in [0.25, 0.3) is 5.57 Å². The minimum atomic E-state index is -3.16. The van der Waals surface area contributed by atoms with Crippen molar-refractivity contribution in [3.8, 4) is 0 Å². The summed E-state index contributed by atoms with van der Waals surface area (Å²) in [5.74, 6) is 0.803. The van der Waals surface area contributed by atoms with E-state index in [1.54, 1.807) is 13.8 Å². The zero-order valence-corrected chi connectivity index (χ0v) is 14.6. The molecule has 0 radical (unpaired) electrons. The molecule has 0 heterocycles. The molecule has 1 aromatic carbocycles. The second kappa shape index (κ2) is 7.42. The minimum absolute atomic E-state index is 0.379. The van der Waals surface area contributed by atoms with Crippen LogP contribution in [-0.2, 0) is 16.4 Å². The van der Waals surface area contributed by atoms with Gasteiger partial charge < -0.3 is 0 Å². The van der Waals surface area contributed by atoms with Crippen LogP contribution in [0.5, 0.6) is 0 Å². The van der Waals surface area contributed by atoms with E-state index >= 15 is 0 Å². The number of nitrogens with one attached hydrogen (secondary N) is 1. The summed E-state index contributed by atoms with van der Waals surface area (Å²) in [5.41, 5.74) is 3.92. The molecular weight excluding hydrogens is 294 g/mol. The van der Waals surface area contributed by atoms with Crippen molar-refractivity contribution in [3.63, 3.8) is 0 Å². The minimum Gasteiger partial charge on any atom is -0.215 e. The first-order valence-corrected chi connectivity index (χ1v) is 9.70. The Labute approximate surface area is 134 Å². The van der Waals surface area contributed by atoms with E-state index in [4.69, 9.17) is 0 Å². The second-order valence-electron chi connectivity index (χ2n) is 6.54. The van der Waals surface area contributed by atoms with Gasteiger partial charge in [0, 0.05) is 6.54 Å². The van der Waals surface area contributed by atoms with Crippen molar-refractivity contribution in [1.82, 2.24) is 4.72 Å². The first kappa shape index (κ1) is 17.2. The van der Waals surface area contributed by atoms with E-state index in [0.29, 0.717) is 6.54 Å². The molecule has 0 saturated carbocycles. The Bertz CT molecular complexity index is 615. The zero-order chi connectivity index (χ0) is 16.2. The molecule has 0 aromatic heterocycles. The number of rotatable bonds is 6. The highest BCUT2D eigenvalue weighted by Gasteiger charge is 2.14. The molecule has 0 spiro atoms. The Hall–Kier alpha value is -1.13. The van der Waals surface area contributed by atoms with Gasteiger partial charge in [0.15, 0.2) is 0 Å². The van der Waals surface area contributed by atoms with Gasteiger partial charge in [-0.15, -0.1) is 0 Å². The molecule has 122 valence electrons. The molecule has 0 amide bonds. The number of sulfonamides is 1. The summed E-state index contributed by atoms with van der Waals surface area (Å²) in [4.78, 5) is 0. The molecule has 1 atom stereocenters. The molecule has 0 fully saturated rings. The Kier molecular flexibility index (Phi) is 5.81. The second-order valence-corrected chi connectivity index (χ2v) is 8.87. The van der Waals surface area contributed by atoms with Crippen molar-refractivity contribution in [2.24, 2.45) is 5.92 Å². The Morgan fingerprint density at radius 1 is 1.23 bits per heavy atom. The predicted octanol–water partition coefficient (Wildman–Crippen LogP) is 3.76. The van der Waals surface area contributed by atoms with Crippen LogP contribution in [0.3, 0.4) is 0 Å². The SMILES string of the molecule is CC1CC=C(c2ccc(CCNS(=O)(=O)C(C)C)cc2)CC1. The molecule has 1 aliphatic carbocycles. The predicted molar refractivity (Wildman–Crippen MR) is 93.2 cm³/mol. The van der Waals surface area contributed by atoms with Gasteiger partial charge in [0.1, 0.15) is 0 Å². The van der Waals surface area contributed by atoms with Gasteiger partial charge in [-0.25, -0.2) is 13.1 Å². The molecule has 0 saturated heterocycles. The lowest BCUT2D eigenvalue weighted by Gasteiger charge is -2.18. The normalized spacial score (nSPS) is 19.3. The zero-order valence-electron chi connectivity index (χ0n) is 13.8. The highest BCUT2D eigenvalue weighted by Crippen LogP contribution is 2.29. The van der Waals surface area contributed by atoms with Crippen LogP contribution < -0.4 is 4.72 Å². The summed E-state index contributed by atoms with van der Waals surface area (Å²) in [6, 6.07) is 8.54. The largest absolute Gasteiger partial charge is 0.215 e. The summed E-state index contributed by atoms with van der Waals surface area (Å²) in [6.07, 6.45) is 6.69. The average Bonchev–Trinajstić information content (AvgIpc) is 2.48. The van der Waals surface area contributed by atoms with Crippen molar-refractivity contribution in [1.29, 1.82) is 0 Å². The molecule has 1 aliphatic rings. The van der Waals surface area contributed by atoms with E-state index in [-0.39, 0.29) is 5.25 Å². The van der Waals surface area contributed by atoms with Crippen LogP contribution in [0.15, 0.2) is 30.3 Å². The van der Waals surface area contributed by atoms with E-state index in [9.17, 15) is 8.42 Å². The van der Waals surface area contributed by atoms with E-state index in [1.165, 1.54) is 29.5 Å². The molecular formula is C18H27NO2S. The number of hydrogen-bond donors (Lipinski definition) is 1. The quantitative estimate of drug-likeness (QED) is 0.867. The maximum Gasteiger partial charge on any atom is 0.213 e.